The number of carbonyl (C=O) groups excluding carboxylic acids is 1. The lowest BCUT2D eigenvalue weighted by Gasteiger charge is -2.16. The van der Waals surface area contributed by atoms with Crippen LogP contribution in [0.1, 0.15) is 32.3 Å². The maximum Gasteiger partial charge on any atom is 0.265 e. The molecule has 0 aliphatic rings. The number of anilines is 1. The SMILES string of the molecule is CC(C)c1ccc(O[C@@H](C)C(=O)Nc2ccc(F)cc2Cl)cc1. The number of ether oxygens (including phenoxy) is 1. The topological polar surface area (TPSA) is 38.3 Å². The van der Waals surface area contributed by atoms with Crippen LogP contribution >= 0.6 is 11.6 Å². The zero-order valence-electron chi connectivity index (χ0n) is 13.3. The molecule has 0 spiro atoms. The lowest BCUT2D eigenvalue weighted by atomic mass is 10.0. The van der Waals surface area contributed by atoms with Gasteiger partial charge in [-0.1, -0.05) is 37.6 Å². The van der Waals surface area contributed by atoms with Crippen LogP contribution in [0.25, 0.3) is 0 Å². The summed E-state index contributed by atoms with van der Waals surface area (Å²) in [6.07, 6.45) is -0.707. The summed E-state index contributed by atoms with van der Waals surface area (Å²) in [5.41, 5.74) is 1.55. The summed E-state index contributed by atoms with van der Waals surface area (Å²) in [5.74, 6) is 0.238. The van der Waals surface area contributed by atoms with Crippen molar-refractivity contribution in [3.8, 4) is 5.75 Å². The van der Waals surface area contributed by atoms with Gasteiger partial charge in [0, 0.05) is 0 Å². The van der Waals surface area contributed by atoms with Gasteiger partial charge in [-0.15, -0.1) is 0 Å². The molecule has 2 rings (SSSR count). The normalized spacial score (nSPS) is 12.1. The second-order valence-electron chi connectivity index (χ2n) is 5.60. The Hall–Kier alpha value is -2.07. The number of carbonyl (C=O) groups is 1. The van der Waals surface area contributed by atoms with Gasteiger partial charge in [-0.3, -0.25) is 4.79 Å². The summed E-state index contributed by atoms with van der Waals surface area (Å²) in [5, 5.41) is 2.77. The highest BCUT2D eigenvalue weighted by Crippen LogP contribution is 2.23. The molecule has 0 bridgehead atoms. The van der Waals surface area contributed by atoms with Crippen molar-refractivity contribution in [1.82, 2.24) is 0 Å². The average molecular weight is 336 g/mol. The lowest BCUT2D eigenvalue weighted by molar-refractivity contribution is -0.122. The fourth-order valence-corrected chi connectivity index (χ4v) is 2.23. The fraction of sp³-hybridized carbons (Fsp3) is 0.278. The highest BCUT2D eigenvalue weighted by Gasteiger charge is 2.16. The van der Waals surface area contributed by atoms with Crippen molar-refractivity contribution in [2.45, 2.75) is 32.8 Å². The highest BCUT2D eigenvalue weighted by atomic mass is 35.5. The molecule has 0 saturated carbocycles. The first kappa shape index (κ1) is 17.3. The van der Waals surface area contributed by atoms with Gasteiger partial charge in [0.1, 0.15) is 11.6 Å². The Morgan fingerprint density at radius 2 is 1.78 bits per heavy atom. The Morgan fingerprint density at radius 1 is 1.13 bits per heavy atom. The van der Waals surface area contributed by atoms with E-state index in [0.29, 0.717) is 17.4 Å². The van der Waals surface area contributed by atoms with Crippen LogP contribution in [-0.4, -0.2) is 12.0 Å². The molecule has 0 unspecified atom stereocenters. The van der Waals surface area contributed by atoms with Gasteiger partial charge >= 0.3 is 0 Å². The van der Waals surface area contributed by atoms with Gasteiger partial charge in [-0.05, 0) is 48.7 Å². The van der Waals surface area contributed by atoms with E-state index < -0.39 is 11.9 Å². The Morgan fingerprint density at radius 3 is 2.35 bits per heavy atom. The van der Waals surface area contributed by atoms with E-state index in [4.69, 9.17) is 16.3 Å². The molecular weight excluding hydrogens is 317 g/mol. The third-order valence-corrected chi connectivity index (χ3v) is 3.73. The van der Waals surface area contributed by atoms with Gasteiger partial charge in [-0.25, -0.2) is 4.39 Å². The van der Waals surface area contributed by atoms with Crippen LogP contribution in [-0.2, 0) is 4.79 Å². The Labute approximate surface area is 140 Å². The Balaban J connectivity index is 1.99. The molecule has 1 amide bonds. The molecule has 0 aliphatic carbocycles. The van der Waals surface area contributed by atoms with Crippen molar-refractivity contribution < 1.29 is 13.9 Å². The maximum atomic E-state index is 13.0. The van der Waals surface area contributed by atoms with Gasteiger partial charge in [0.2, 0.25) is 0 Å². The minimum absolute atomic E-state index is 0.145. The minimum atomic E-state index is -0.707. The molecule has 122 valence electrons. The van der Waals surface area contributed by atoms with Gasteiger partial charge in [0.15, 0.2) is 6.10 Å². The van der Waals surface area contributed by atoms with Crippen LogP contribution in [0.5, 0.6) is 5.75 Å². The van der Waals surface area contributed by atoms with Crippen molar-refractivity contribution in [3.63, 3.8) is 0 Å². The predicted molar refractivity (Wildman–Crippen MR) is 90.7 cm³/mol. The molecule has 2 aromatic rings. The molecule has 0 aromatic heterocycles. The van der Waals surface area contributed by atoms with Crippen molar-refractivity contribution >= 4 is 23.2 Å². The van der Waals surface area contributed by atoms with Gasteiger partial charge < -0.3 is 10.1 Å². The average Bonchev–Trinajstić information content (AvgIpc) is 2.50. The summed E-state index contributed by atoms with van der Waals surface area (Å²) < 4.78 is 18.6. The third kappa shape index (κ3) is 4.70. The molecule has 5 heteroatoms. The zero-order valence-corrected chi connectivity index (χ0v) is 14.0. The highest BCUT2D eigenvalue weighted by molar-refractivity contribution is 6.33. The first-order valence-corrected chi connectivity index (χ1v) is 7.77. The number of nitrogens with one attached hydrogen (secondary N) is 1. The molecule has 2 aromatic carbocycles. The van der Waals surface area contributed by atoms with Crippen molar-refractivity contribution in [1.29, 1.82) is 0 Å². The molecule has 0 aliphatic heterocycles. The van der Waals surface area contributed by atoms with E-state index in [1.807, 2.05) is 24.3 Å². The third-order valence-electron chi connectivity index (χ3n) is 3.42. The number of hydrogen-bond acceptors (Lipinski definition) is 2. The number of rotatable bonds is 5. The molecule has 3 nitrogen and oxygen atoms in total. The van der Waals surface area contributed by atoms with E-state index in [9.17, 15) is 9.18 Å². The summed E-state index contributed by atoms with van der Waals surface area (Å²) in [6, 6.07) is 11.4. The van der Waals surface area contributed by atoms with Crippen molar-refractivity contribution in [3.05, 3.63) is 58.9 Å². The molecule has 1 atom stereocenters. The molecule has 23 heavy (non-hydrogen) atoms. The van der Waals surface area contributed by atoms with Gasteiger partial charge in [0.25, 0.3) is 5.91 Å². The van der Waals surface area contributed by atoms with Crippen LogP contribution in [0.15, 0.2) is 42.5 Å². The quantitative estimate of drug-likeness (QED) is 0.834. The van der Waals surface area contributed by atoms with Crippen LogP contribution in [0.4, 0.5) is 10.1 Å². The second-order valence-corrected chi connectivity index (χ2v) is 6.00. The summed E-state index contributed by atoms with van der Waals surface area (Å²) in [7, 11) is 0. The van der Waals surface area contributed by atoms with Gasteiger partial charge in [0.05, 0.1) is 10.7 Å². The molecule has 0 radical (unpaired) electrons. The van der Waals surface area contributed by atoms with Crippen LogP contribution in [0.2, 0.25) is 5.02 Å². The first-order chi connectivity index (χ1) is 10.9. The fourth-order valence-electron chi connectivity index (χ4n) is 2.01. The molecule has 0 fully saturated rings. The van der Waals surface area contributed by atoms with E-state index in [1.165, 1.54) is 17.7 Å². The Kier molecular flexibility index (Phi) is 5.61. The summed E-state index contributed by atoms with van der Waals surface area (Å²) in [6.45, 7) is 5.86. The second kappa shape index (κ2) is 7.47. The smallest absolute Gasteiger partial charge is 0.265 e. The number of hydrogen-bond donors (Lipinski definition) is 1. The number of halogens is 2. The van der Waals surface area contributed by atoms with Crippen LogP contribution in [0.3, 0.4) is 0 Å². The molecule has 0 heterocycles. The minimum Gasteiger partial charge on any atom is -0.481 e. The number of amides is 1. The molecule has 1 N–H and O–H groups in total. The molecule has 0 saturated heterocycles. The van der Waals surface area contributed by atoms with Crippen molar-refractivity contribution in [2.24, 2.45) is 0 Å². The van der Waals surface area contributed by atoms with Crippen molar-refractivity contribution in [2.75, 3.05) is 5.32 Å². The maximum absolute atomic E-state index is 13.0. The zero-order chi connectivity index (χ0) is 17.0. The predicted octanol–water partition coefficient (Wildman–Crippen LogP) is 5.01. The van der Waals surface area contributed by atoms with E-state index in [2.05, 4.69) is 19.2 Å². The van der Waals surface area contributed by atoms with E-state index in [-0.39, 0.29) is 10.9 Å². The summed E-state index contributed by atoms with van der Waals surface area (Å²) >= 11 is 5.89. The van der Waals surface area contributed by atoms with E-state index in [1.54, 1.807) is 6.92 Å². The van der Waals surface area contributed by atoms with E-state index >= 15 is 0 Å². The number of benzene rings is 2. The van der Waals surface area contributed by atoms with Gasteiger partial charge in [-0.2, -0.15) is 0 Å². The molecular formula is C18H19ClFNO2. The first-order valence-electron chi connectivity index (χ1n) is 7.39. The standard InChI is InChI=1S/C18H19ClFNO2/c1-11(2)13-4-7-15(8-5-13)23-12(3)18(22)21-17-9-6-14(20)10-16(17)19/h4-12H,1-3H3,(H,21,22)/t12-/m0/s1. The Bertz CT molecular complexity index is 686. The summed E-state index contributed by atoms with van der Waals surface area (Å²) in [4.78, 5) is 12.1. The van der Waals surface area contributed by atoms with Crippen LogP contribution < -0.4 is 10.1 Å². The monoisotopic (exact) mass is 335 g/mol. The van der Waals surface area contributed by atoms with Crippen LogP contribution in [0, 0.1) is 5.82 Å². The lowest BCUT2D eigenvalue weighted by Crippen LogP contribution is -2.30. The van der Waals surface area contributed by atoms with E-state index in [0.717, 1.165) is 6.07 Å². The largest absolute Gasteiger partial charge is 0.481 e.